The van der Waals surface area contributed by atoms with E-state index in [2.05, 4.69) is 10.3 Å². The van der Waals surface area contributed by atoms with Gasteiger partial charge in [0.05, 0.1) is 5.52 Å². The average molecular weight is 398 g/mol. The molecule has 4 rings (SSSR count). The fraction of sp³-hybridized carbons (Fsp3) is 0.400. The van der Waals surface area contributed by atoms with Crippen molar-refractivity contribution >= 4 is 28.8 Å². The minimum atomic E-state index is -0.708. The number of nitrogens with zero attached hydrogens (tertiary/aromatic N) is 3. The molecule has 0 saturated carbocycles. The highest BCUT2D eigenvalue weighted by atomic mass is 16.6. The van der Waals surface area contributed by atoms with Gasteiger partial charge in [-0.15, -0.1) is 0 Å². The molecule has 1 fully saturated rings. The third-order valence-corrected chi connectivity index (χ3v) is 4.89. The maximum atomic E-state index is 13.3. The van der Waals surface area contributed by atoms with Gasteiger partial charge in [0.1, 0.15) is 5.52 Å². The molecule has 0 unspecified atom stereocenters. The summed E-state index contributed by atoms with van der Waals surface area (Å²) in [7, 11) is 0. The SMILES string of the molecule is CC(C)n1c(=O)c(N2CCCNCC2)nc2c3c(ccc21)OC(=O)/C=C\C(=O)O3. The van der Waals surface area contributed by atoms with Crippen LogP contribution in [0.4, 0.5) is 5.82 Å². The zero-order valence-electron chi connectivity index (χ0n) is 16.3. The summed E-state index contributed by atoms with van der Waals surface area (Å²) in [6.45, 7) is 6.74. The van der Waals surface area contributed by atoms with Gasteiger partial charge in [0.25, 0.3) is 5.56 Å². The highest BCUT2D eigenvalue weighted by Crippen LogP contribution is 2.36. The van der Waals surface area contributed by atoms with Gasteiger partial charge < -0.3 is 24.3 Å². The van der Waals surface area contributed by atoms with Crippen molar-refractivity contribution in [1.82, 2.24) is 14.9 Å². The summed E-state index contributed by atoms with van der Waals surface area (Å²) >= 11 is 0. The zero-order valence-corrected chi connectivity index (χ0v) is 16.3. The number of ether oxygens (including phenoxy) is 2. The van der Waals surface area contributed by atoms with E-state index in [0.717, 1.165) is 31.7 Å². The van der Waals surface area contributed by atoms with E-state index < -0.39 is 11.9 Å². The summed E-state index contributed by atoms with van der Waals surface area (Å²) < 4.78 is 12.3. The van der Waals surface area contributed by atoms with Crippen LogP contribution in [0, 0.1) is 0 Å². The Hall–Kier alpha value is -3.20. The van der Waals surface area contributed by atoms with E-state index in [1.54, 1.807) is 10.6 Å². The molecule has 2 aliphatic heterocycles. The van der Waals surface area contributed by atoms with E-state index in [-0.39, 0.29) is 23.1 Å². The molecule has 0 aliphatic carbocycles. The van der Waals surface area contributed by atoms with Crippen molar-refractivity contribution in [2.24, 2.45) is 0 Å². The molecule has 9 heteroatoms. The summed E-state index contributed by atoms with van der Waals surface area (Å²) in [6, 6.07) is 3.02. The smallest absolute Gasteiger partial charge is 0.336 e. The first-order valence-electron chi connectivity index (χ1n) is 9.62. The Labute approximate surface area is 166 Å². The molecule has 0 atom stereocenters. The van der Waals surface area contributed by atoms with Crippen LogP contribution < -0.4 is 25.2 Å². The molecule has 0 bridgehead atoms. The van der Waals surface area contributed by atoms with E-state index in [1.807, 2.05) is 18.7 Å². The Balaban J connectivity index is 1.98. The lowest BCUT2D eigenvalue weighted by atomic mass is 10.2. The summed E-state index contributed by atoms with van der Waals surface area (Å²) in [5.74, 6) is -0.972. The minimum Gasteiger partial charge on any atom is -0.419 e. The Morgan fingerprint density at radius 3 is 2.55 bits per heavy atom. The molecule has 3 heterocycles. The Morgan fingerprint density at radius 2 is 1.79 bits per heavy atom. The van der Waals surface area contributed by atoms with Crippen molar-refractivity contribution in [3.8, 4) is 11.5 Å². The average Bonchev–Trinajstić information content (AvgIpc) is 2.95. The quantitative estimate of drug-likeness (QED) is 0.594. The molecule has 1 saturated heterocycles. The van der Waals surface area contributed by atoms with Crippen molar-refractivity contribution in [3.63, 3.8) is 0 Å². The molecule has 0 amide bonds. The van der Waals surface area contributed by atoms with E-state index in [1.165, 1.54) is 6.07 Å². The third kappa shape index (κ3) is 3.61. The van der Waals surface area contributed by atoms with Gasteiger partial charge in [-0.05, 0) is 38.9 Å². The molecule has 9 nitrogen and oxygen atoms in total. The molecule has 152 valence electrons. The molecule has 2 aliphatic rings. The van der Waals surface area contributed by atoms with Crippen molar-refractivity contribution in [2.45, 2.75) is 26.3 Å². The summed E-state index contributed by atoms with van der Waals surface area (Å²) in [4.78, 5) is 43.7. The molecular weight excluding hydrogens is 376 g/mol. The van der Waals surface area contributed by atoms with Gasteiger partial charge in [0, 0.05) is 37.8 Å². The second kappa shape index (κ2) is 7.67. The van der Waals surface area contributed by atoms with Crippen molar-refractivity contribution in [2.75, 3.05) is 31.1 Å². The van der Waals surface area contributed by atoms with E-state index in [4.69, 9.17) is 9.47 Å². The topological polar surface area (TPSA) is 103 Å². The first-order valence-corrected chi connectivity index (χ1v) is 9.62. The maximum Gasteiger partial charge on any atom is 0.336 e. The fourth-order valence-electron chi connectivity index (χ4n) is 3.58. The number of aromatic nitrogens is 2. The molecular formula is C20H22N4O5. The lowest BCUT2D eigenvalue weighted by molar-refractivity contribution is -0.133. The normalized spacial score (nSPS) is 18.5. The Morgan fingerprint density at radius 1 is 1.03 bits per heavy atom. The number of hydrogen-bond acceptors (Lipinski definition) is 8. The largest absolute Gasteiger partial charge is 0.419 e. The standard InChI is InChI=1S/C20H22N4O5/c1-12(2)24-13-4-5-14-18(29-16(26)7-6-15(25)28-14)17(13)22-19(20(24)27)23-10-3-8-21-9-11-23/h4-7,12,21H,3,8-11H2,1-2H3/b7-6-. The Bertz CT molecular complexity index is 1060. The van der Waals surface area contributed by atoms with Gasteiger partial charge >= 0.3 is 11.9 Å². The van der Waals surface area contributed by atoms with Gasteiger partial charge in [0.2, 0.25) is 5.75 Å². The van der Waals surface area contributed by atoms with Crippen LogP contribution in [-0.4, -0.2) is 47.7 Å². The van der Waals surface area contributed by atoms with Crippen LogP contribution >= 0.6 is 0 Å². The molecule has 29 heavy (non-hydrogen) atoms. The highest BCUT2D eigenvalue weighted by molar-refractivity contribution is 5.98. The van der Waals surface area contributed by atoms with Crippen LogP contribution in [-0.2, 0) is 9.59 Å². The van der Waals surface area contributed by atoms with Gasteiger partial charge in [-0.3, -0.25) is 4.79 Å². The molecule has 1 aromatic carbocycles. The van der Waals surface area contributed by atoms with Gasteiger partial charge in [-0.1, -0.05) is 0 Å². The number of anilines is 1. The van der Waals surface area contributed by atoms with Crippen LogP contribution in [0.15, 0.2) is 29.1 Å². The Kier molecular flexibility index (Phi) is 5.06. The molecule has 0 spiro atoms. The van der Waals surface area contributed by atoms with Crippen LogP contribution in [0.2, 0.25) is 0 Å². The predicted octanol–water partition coefficient (Wildman–Crippen LogP) is 1.16. The first-order chi connectivity index (χ1) is 14.0. The number of nitrogens with one attached hydrogen (secondary N) is 1. The van der Waals surface area contributed by atoms with Crippen LogP contribution in [0.1, 0.15) is 26.3 Å². The van der Waals surface area contributed by atoms with Crippen molar-refractivity contribution in [3.05, 3.63) is 34.6 Å². The summed E-state index contributed by atoms with van der Waals surface area (Å²) in [6.07, 6.45) is 2.89. The maximum absolute atomic E-state index is 13.3. The van der Waals surface area contributed by atoms with Crippen LogP contribution in [0.5, 0.6) is 11.5 Å². The van der Waals surface area contributed by atoms with Gasteiger partial charge in [0.15, 0.2) is 11.6 Å². The van der Waals surface area contributed by atoms with Crippen molar-refractivity contribution in [1.29, 1.82) is 0 Å². The lowest BCUT2D eigenvalue weighted by Crippen LogP contribution is -2.36. The van der Waals surface area contributed by atoms with E-state index in [9.17, 15) is 14.4 Å². The molecule has 2 aromatic rings. The third-order valence-electron chi connectivity index (χ3n) is 4.89. The zero-order chi connectivity index (χ0) is 20.5. The number of benzene rings is 1. The van der Waals surface area contributed by atoms with Crippen LogP contribution in [0.25, 0.3) is 11.0 Å². The van der Waals surface area contributed by atoms with Crippen molar-refractivity contribution < 1.29 is 19.1 Å². The number of carbonyl (C=O) groups is 2. The predicted molar refractivity (Wildman–Crippen MR) is 106 cm³/mol. The number of esters is 2. The van der Waals surface area contributed by atoms with E-state index >= 15 is 0 Å². The molecule has 0 radical (unpaired) electrons. The summed E-state index contributed by atoms with van der Waals surface area (Å²) in [5, 5.41) is 3.30. The monoisotopic (exact) mass is 398 g/mol. The van der Waals surface area contributed by atoms with Crippen LogP contribution in [0.3, 0.4) is 0 Å². The number of rotatable bonds is 2. The second-order valence-electron chi connectivity index (χ2n) is 7.23. The fourth-order valence-corrected chi connectivity index (χ4v) is 3.58. The van der Waals surface area contributed by atoms with Gasteiger partial charge in [-0.2, -0.15) is 0 Å². The first kappa shape index (κ1) is 19.1. The lowest BCUT2D eigenvalue weighted by Gasteiger charge is -2.24. The van der Waals surface area contributed by atoms with E-state index in [0.29, 0.717) is 29.9 Å². The number of fused-ring (bicyclic) bond motifs is 3. The highest BCUT2D eigenvalue weighted by Gasteiger charge is 2.25. The number of hydrogen-bond donors (Lipinski definition) is 1. The van der Waals surface area contributed by atoms with Gasteiger partial charge in [-0.25, -0.2) is 14.6 Å². The summed E-state index contributed by atoms with van der Waals surface area (Å²) in [5.41, 5.74) is 0.608. The minimum absolute atomic E-state index is 0.0359. The molecule has 1 N–H and O–H groups in total. The second-order valence-corrected chi connectivity index (χ2v) is 7.23. The number of carbonyl (C=O) groups excluding carboxylic acids is 2. The molecule has 1 aromatic heterocycles.